The van der Waals surface area contributed by atoms with Crippen LogP contribution in [0.1, 0.15) is 24.2 Å². The number of carbonyl (C=O) groups excluding carboxylic acids is 2. The van der Waals surface area contributed by atoms with Crippen molar-refractivity contribution in [3.8, 4) is 0 Å². The first-order chi connectivity index (χ1) is 9.72. The predicted octanol–water partition coefficient (Wildman–Crippen LogP) is 1.30. The van der Waals surface area contributed by atoms with Crippen LogP contribution in [0.3, 0.4) is 0 Å². The third-order valence-corrected chi connectivity index (χ3v) is 3.04. The molecule has 0 saturated heterocycles. The number of hydrogen-bond acceptors (Lipinski definition) is 3. The van der Waals surface area contributed by atoms with Gasteiger partial charge in [-0.05, 0) is 32.0 Å². The molecule has 114 valence electrons. The summed E-state index contributed by atoms with van der Waals surface area (Å²) in [5, 5.41) is 14.2. The topological polar surface area (TPSA) is 95.5 Å². The number of carboxylic acids is 1. The van der Waals surface area contributed by atoms with E-state index in [1.807, 2.05) is 0 Å². The van der Waals surface area contributed by atoms with Gasteiger partial charge in [0.05, 0.1) is 12.0 Å². The van der Waals surface area contributed by atoms with Crippen LogP contribution in [0.5, 0.6) is 0 Å². The summed E-state index contributed by atoms with van der Waals surface area (Å²) in [5.74, 6) is -1.89. The molecule has 0 aromatic heterocycles. The Bertz CT molecular complexity index is 558. The van der Waals surface area contributed by atoms with Crippen LogP contribution in [-0.4, -0.2) is 36.0 Å². The zero-order valence-electron chi connectivity index (χ0n) is 11.8. The minimum absolute atomic E-state index is 0.0196. The van der Waals surface area contributed by atoms with Gasteiger partial charge in [-0.15, -0.1) is 0 Å². The highest BCUT2D eigenvalue weighted by molar-refractivity contribution is 6.30. The standard InChI is InChI=1S/C14H17ClN2O4/c1-14(2,13(20)21)8-17-11(18)7-16-12(19)9-4-3-5-10(15)6-9/h3-6H,7-8H2,1-2H3,(H,16,19)(H,17,18)(H,20,21). The summed E-state index contributed by atoms with van der Waals surface area (Å²) in [4.78, 5) is 34.2. The minimum atomic E-state index is -1.06. The second-order valence-electron chi connectivity index (χ2n) is 5.16. The number of nitrogens with one attached hydrogen (secondary N) is 2. The van der Waals surface area contributed by atoms with E-state index in [1.165, 1.54) is 19.9 Å². The Labute approximate surface area is 127 Å². The Morgan fingerprint density at radius 2 is 1.90 bits per heavy atom. The molecule has 1 aromatic carbocycles. The summed E-state index contributed by atoms with van der Waals surface area (Å²) >= 11 is 5.77. The van der Waals surface area contributed by atoms with Gasteiger partial charge in [0.25, 0.3) is 5.91 Å². The molecule has 0 aliphatic carbocycles. The Hall–Kier alpha value is -2.08. The van der Waals surface area contributed by atoms with Crippen LogP contribution >= 0.6 is 11.6 Å². The number of hydrogen-bond donors (Lipinski definition) is 3. The molecule has 0 spiro atoms. The van der Waals surface area contributed by atoms with E-state index in [-0.39, 0.29) is 13.1 Å². The van der Waals surface area contributed by atoms with Gasteiger partial charge < -0.3 is 15.7 Å². The third kappa shape index (κ3) is 5.43. The van der Waals surface area contributed by atoms with E-state index in [9.17, 15) is 14.4 Å². The third-order valence-electron chi connectivity index (χ3n) is 2.80. The van der Waals surface area contributed by atoms with Gasteiger partial charge in [0.1, 0.15) is 0 Å². The van der Waals surface area contributed by atoms with Crippen molar-refractivity contribution < 1.29 is 19.5 Å². The van der Waals surface area contributed by atoms with Crippen molar-refractivity contribution in [3.63, 3.8) is 0 Å². The van der Waals surface area contributed by atoms with Gasteiger partial charge in [0.15, 0.2) is 0 Å². The predicted molar refractivity (Wildman–Crippen MR) is 78.2 cm³/mol. The fraction of sp³-hybridized carbons (Fsp3) is 0.357. The van der Waals surface area contributed by atoms with Crippen molar-refractivity contribution in [2.45, 2.75) is 13.8 Å². The first-order valence-corrected chi connectivity index (χ1v) is 6.64. The zero-order chi connectivity index (χ0) is 16.0. The van der Waals surface area contributed by atoms with Crippen molar-refractivity contribution in [2.24, 2.45) is 5.41 Å². The van der Waals surface area contributed by atoms with E-state index >= 15 is 0 Å². The number of carbonyl (C=O) groups is 3. The van der Waals surface area contributed by atoms with Crippen LogP contribution in [0.2, 0.25) is 5.02 Å². The molecule has 3 N–H and O–H groups in total. The van der Waals surface area contributed by atoms with Crippen LogP contribution in [0.4, 0.5) is 0 Å². The number of benzene rings is 1. The summed E-state index contributed by atoms with van der Waals surface area (Å²) in [6.07, 6.45) is 0. The van der Waals surface area contributed by atoms with Gasteiger partial charge in [0, 0.05) is 17.1 Å². The summed E-state index contributed by atoms with van der Waals surface area (Å²) in [6.45, 7) is 2.75. The highest BCUT2D eigenvalue weighted by Crippen LogP contribution is 2.13. The molecule has 0 saturated carbocycles. The van der Waals surface area contributed by atoms with Crippen molar-refractivity contribution in [2.75, 3.05) is 13.1 Å². The van der Waals surface area contributed by atoms with Crippen molar-refractivity contribution in [1.29, 1.82) is 0 Å². The highest BCUT2D eigenvalue weighted by Gasteiger charge is 2.27. The van der Waals surface area contributed by atoms with E-state index < -0.39 is 23.2 Å². The first-order valence-electron chi connectivity index (χ1n) is 6.26. The number of amides is 2. The average molecular weight is 313 g/mol. The molecule has 1 rings (SSSR count). The van der Waals surface area contributed by atoms with Crippen LogP contribution < -0.4 is 10.6 Å². The zero-order valence-corrected chi connectivity index (χ0v) is 12.5. The van der Waals surface area contributed by atoms with Crippen LogP contribution in [-0.2, 0) is 9.59 Å². The summed E-state index contributed by atoms with van der Waals surface area (Å²) in [7, 11) is 0. The molecule has 21 heavy (non-hydrogen) atoms. The van der Waals surface area contributed by atoms with Gasteiger partial charge in [0.2, 0.25) is 5.91 Å². The Kier molecular flexibility index (Phi) is 5.72. The molecular weight excluding hydrogens is 296 g/mol. The monoisotopic (exact) mass is 312 g/mol. The number of halogens is 1. The summed E-state index contributed by atoms with van der Waals surface area (Å²) in [5.41, 5.74) is -0.715. The van der Waals surface area contributed by atoms with Gasteiger partial charge >= 0.3 is 5.97 Å². The Morgan fingerprint density at radius 3 is 2.48 bits per heavy atom. The average Bonchev–Trinajstić information content (AvgIpc) is 2.42. The van der Waals surface area contributed by atoms with E-state index in [1.54, 1.807) is 18.2 Å². The van der Waals surface area contributed by atoms with Gasteiger partial charge in [-0.2, -0.15) is 0 Å². The van der Waals surface area contributed by atoms with E-state index in [0.29, 0.717) is 10.6 Å². The van der Waals surface area contributed by atoms with Crippen molar-refractivity contribution in [1.82, 2.24) is 10.6 Å². The fourth-order valence-corrected chi connectivity index (χ4v) is 1.54. The van der Waals surface area contributed by atoms with E-state index in [2.05, 4.69) is 10.6 Å². The normalized spacial score (nSPS) is 10.8. The SMILES string of the molecule is CC(C)(CNC(=O)CNC(=O)c1cccc(Cl)c1)C(=O)O. The largest absolute Gasteiger partial charge is 0.481 e. The summed E-state index contributed by atoms with van der Waals surface area (Å²) < 4.78 is 0. The van der Waals surface area contributed by atoms with Crippen molar-refractivity contribution >= 4 is 29.4 Å². The minimum Gasteiger partial charge on any atom is -0.481 e. The van der Waals surface area contributed by atoms with Crippen LogP contribution in [0, 0.1) is 5.41 Å². The molecular formula is C14H17ClN2O4. The second-order valence-corrected chi connectivity index (χ2v) is 5.60. The molecule has 0 fully saturated rings. The second kappa shape index (κ2) is 7.08. The molecule has 0 heterocycles. The van der Waals surface area contributed by atoms with Crippen molar-refractivity contribution in [3.05, 3.63) is 34.9 Å². The van der Waals surface area contributed by atoms with Crippen LogP contribution in [0.25, 0.3) is 0 Å². The van der Waals surface area contributed by atoms with Gasteiger partial charge in [-0.1, -0.05) is 17.7 Å². The Morgan fingerprint density at radius 1 is 1.24 bits per heavy atom. The smallest absolute Gasteiger partial charge is 0.310 e. The molecule has 0 aliphatic heterocycles. The molecule has 1 aromatic rings. The lowest BCUT2D eigenvalue weighted by atomic mass is 9.94. The molecule has 6 nitrogen and oxygen atoms in total. The lowest BCUT2D eigenvalue weighted by Crippen LogP contribution is -2.43. The van der Waals surface area contributed by atoms with E-state index in [0.717, 1.165) is 0 Å². The quantitative estimate of drug-likeness (QED) is 0.737. The number of aliphatic carboxylic acids is 1. The van der Waals surface area contributed by atoms with Gasteiger partial charge in [-0.25, -0.2) is 0 Å². The molecule has 0 bridgehead atoms. The summed E-state index contributed by atoms with van der Waals surface area (Å²) in [6, 6.07) is 6.33. The molecule has 0 unspecified atom stereocenters. The maximum absolute atomic E-state index is 11.8. The molecule has 2 amide bonds. The fourth-order valence-electron chi connectivity index (χ4n) is 1.35. The van der Waals surface area contributed by atoms with Gasteiger partial charge in [-0.3, -0.25) is 14.4 Å². The lowest BCUT2D eigenvalue weighted by Gasteiger charge is -2.19. The number of rotatable bonds is 6. The first kappa shape index (κ1) is 17.0. The molecule has 7 heteroatoms. The Balaban J connectivity index is 2.43. The molecule has 0 atom stereocenters. The highest BCUT2D eigenvalue weighted by atomic mass is 35.5. The van der Waals surface area contributed by atoms with Crippen LogP contribution in [0.15, 0.2) is 24.3 Å². The van der Waals surface area contributed by atoms with E-state index in [4.69, 9.17) is 16.7 Å². The molecule has 0 aliphatic rings. The number of carboxylic acid groups (broad SMARTS) is 1. The maximum Gasteiger partial charge on any atom is 0.310 e. The lowest BCUT2D eigenvalue weighted by molar-refractivity contribution is -0.146. The maximum atomic E-state index is 11.8. The molecule has 0 radical (unpaired) electrons.